The zero-order valence-electron chi connectivity index (χ0n) is 10.4. The van der Waals surface area contributed by atoms with Gasteiger partial charge < -0.3 is 0 Å². The third-order valence-corrected chi connectivity index (χ3v) is 3.05. The smallest absolute Gasteiger partial charge is 0.0991 e. The van der Waals surface area contributed by atoms with Gasteiger partial charge in [0.25, 0.3) is 0 Å². The van der Waals surface area contributed by atoms with Crippen LogP contribution >= 0.6 is 0 Å². The van der Waals surface area contributed by atoms with Crippen LogP contribution in [0.1, 0.15) is 63.0 Å². The quantitative estimate of drug-likeness (QED) is 0.678. The number of nitriles is 1. The molecule has 0 aliphatic carbocycles. The van der Waals surface area contributed by atoms with E-state index in [1.54, 1.807) is 0 Å². The summed E-state index contributed by atoms with van der Waals surface area (Å²) in [6.45, 7) is 4.48. The lowest BCUT2D eigenvalue weighted by atomic mass is 9.89. The fraction of sp³-hybridized carbons (Fsp3) is 0.533. The molecule has 0 saturated heterocycles. The van der Waals surface area contributed by atoms with Crippen LogP contribution in [0.4, 0.5) is 0 Å². The Morgan fingerprint density at radius 2 is 1.75 bits per heavy atom. The van der Waals surface area contributed by atoms with Crippen LogP contribution in [0.2, 0.25) is 0 Å². The normalized spacial score (nSPS) is 12.1. The van der Waals surface area contributed by atoms with Gasteiger partial charge in [-0.25, -0.2) is 0 Å². The molecular formula is C15H21N. The molecule has 1 aromatic rings. The van der Waals surface area contributed by atoms with Gasteiger partial charge in [0.05, 0.1) is 11.6 Å². The molecule has 16 heavy (non-hydrogen) atoms. The maximum atomic E-state index is 8.76. The Kier molecular flexibility index (Phi) is 5.64. The van der Waals surface area contributed by atoms with Gasteiger partial charge in [-0.2, -0.15) is 5.26 Å². The fourth-order valence-corrected chi connectivity index (χ4v) is 2.11. The van der Waals surface area contributed by atoms with Crippen LogP contribution in [0.5, 0.6) is 0 Å². The van der Waals surface area contributed by atoms with Gasteiger partial charge >= 0.3 is 0 Å². The van der Waals surface area contributed by atoms with Gasteiger partial charge in [0, 0.05) is 0 Å². The van der Waals surface area contributed by atoms with Gasteiger partial charge in [0.1, 0.15) is 0 Å². The molecular weight excluding hydrogens is 194 g/mol. The summed E-state index contributed by atoms with van der Waals surface area (Å²) in [5.41, 5.74) is 2.16. The van der Waals surface area contributed by atoms with Crippen molar-refractivity contribution >= 4 is 0 Å². The molecule has 0 fully saturated rings. The molecule has 1 atom stereocenters. The second-order valence-electron chi connectivity index (χ2n) is 4.36. The topological polar surface area (TPSA) is 23.8 Å². The van der Waals surface area contributed by atoms with Crippen molar-refractivity contribution in [3.05, 3.63) is 35.4 Å². The van der Waals surface area contributed by atoms with Crippen molar-refractivity contribution in [2.75, 3.05) is 0 Å². The highest BCUT2D eigenvalue weighted by molar-refractivity contribution is 5.33. The third-order valence-electron chi connectivity index (χ3n) is 3.05. The summed E-state index contributed by atoms with van der Waals surface area (Å²) in [6, 6.07) is 10.3. The molecule has 1 heteroatoms. The first-order valence-corrected chi connectivity index (χ1v) is 6.31. The SMILES string of the molecule is CCCCC(CCC)c1ccc(C#N)cc1. The minimum Gasteiger partial charge on any atom is -0.192 e. The van der Waals surface area contributed by atoms with Gasteiger partial charge in [0.15, 0.2) is 0 Å². The summed E-state index contributed by atoms with van der Waals surface area (Å²) in [4.78, 5) is 0. The predicted molar refractivity (Wildman–Crippen MR) is 68.3 cm³/mol. The molecule has 0 radical (unpaired) electrons. The Balaban J connectivity index is 2.72. The van der Waals surface area contributed by atoms with Gasteiger partial charge in [-0.1, -0.05) is 45.2 Å². The summed E-state index contributed by atoms with van der Waals surface area (Å²) >= 11 is 0. The van der Waals surface area contributed by atoms with Crippen LogP contribution in [0.15, 0.2) is 24.3 Å². The van der Waals surface area contributed by atoms with Gasteiger partial charge in [0.2, 0.25) is 0 Å². The van der Waals surface area contributed by atoms with E-state index in [1.165, 1.54) is 37.7 Å². The van der Waals surface area contributed by atoms with Crippen LogP contribution in [0, 0.1) is 11.3 Å². The van der Waals surface area contributed by atoms with E-state index in [0.29, 0.717) is 5.92 Å². The van der Waals surface area contributed by atoms with Crippen LogP contribution < -0.4 is 0 Å². The van der Waals surface area contributed by atoms with E-state index in [-0.39, 0.29) is 0 Å². The molecule has 0 aliphatic heterocycles. The number of hydrogen-bond donors (Lipinski definition) is 0. The van der Waals surface area contributed by atoms with Crippen LogP contribution in [-0.2, 0) is 0 Å². The van der Waals surface area contributed by atoms with Crippen molar-refractivity contribution in [3.63, 3.8) is 0 Å². The number of rotatable bonds is 6. The molecule has 0 aliphatic rings. The minimum absolute atomic E-state index is 0.678. The van der Waals surface area contributed by atoms with E-state index in [0.717, 1.165) is 5.56 Å². The molecule has 1 nitrogen and oxygen atoms in total. The lowest BCUT2D eigenvalue weighted by molar-refractivity contribution is 0.541. The monoisotopic (exact) mass is 215 g/mol. The van der Waals surface area contributed by atoms with E-state index in [1.807, 2.05) is 12.1 Å². The van der Waals surface area contributed by atoms with E-state index in [4.69, 9.17) is 5.26 Å². The Morgan fingerprint density at radius 1 is 1.06 bits per heavy atom. The second kappa shape index (κ2) is 7.06. The molecule has 0 saturated carbocycles. The van der Waals surface area contributed by atoms with Gasteiger partial charge in [-0.3, -0.25) is 0 Å². The first-order chi connectivity index (χ1) is 7.81. The largest absolute Gasteiger partial charge is 0.192 e. The first kappa shape index (κ1) is 12.8. The molecule has 0 aromatic heterocycles. The number of benzene rings is 1. The molecule has 0 bridgehead atoms. The predicted octanol–water partition coefficient (Wildman–Crippen LogP) is 4.63. The highest BCUT2D eigenvalue weighted by Gasteiger charge is 2.09. The Morgan fingerprint density at radius 3 is 2.25 bits per heavy atom. The van der Waals surface area contributed by atoms with E-state index < -0.39 is 0 Å². The molecule has 0 amide bonds. The van der Waals surface area contributed by atoms with Crippen molar-refractivity contribution in [3.8, 4) is 6.07 Å². The summed E-state index contributed by atoms with van der Waals surface area (Å²) < 4.78 is 0. The minimum atomic E-state index is 0.678. The lowest BCUT2D eigenvalue weighted by Crippen LogP contribution is -1.98. The highest BCUT2D eigenvalue weighted by atomic mass is 14.2. The lowest BCUT2D eigenvalue weighted by Gasteiger charge is -2.16. The standard InChI is InChI=1S/C15H21N/c1-3-5-7-14(6-4-2)15-10-8-13(12-16)9-11-15/h8-11,14H,3-7H2,1-2H3. The van der Waals surface area contributed by atoms with Crippen molar-refractivity contribution < 1.29 is 0 Å². The van der Waals surface area contributed by atoms with Crippen molar-refractivity contribution in [2.24, 2.45) is 0 Å². The Bertz CT molecular complexity index is 331. The average Bonchev–Trinajstić information content (AvgIpc) is 2.35. The van der Waals surface area contributed by atoms with Crippen LogP contribution in [0.3, 0.4) is 0 Å². The third kappa shape index (κ3) is 3.70. The van der Waals surface area contributed by atoms with Gasteiger partial charge in [-0.15, -0.1) is 0 Å². The van der Waals surface area contributed by atoms with Crippen molar-refractivity contribution in [1.82, 2.24) is 0 Å². The van der Waals surface area contributed by atoms with E-state index in [2.05, 4.69) is 32.0 Å². The molecule has 1 rings (SSSR count). The van der Waals surface area contributed by atoms with Crippen molar-refractivity contribution in [2.45, 2.75) is 51.9 Å². The van der Waals surface area contributed by atoms with Gasteiger partial charge in [-0.05, 0) is 36.5 Å². The molecule has 1 unspecified atom stereocenters. The molecule has 0 spiro atoms. The first-order valence-electron chi connectivity index (χ1n) is 6.31. The average molecular weight is 215 g/mol. The Hall–Kier alpha value is -1.29. The summed E-state index contributed by atoms with van der Waals surface area (Å²) in [6.07, 6.45) is 6.32. The Labute approximate surface area is 99.1 Å². The van der Waals surface area contributed by atoms with Crippen LogP contribution in [0.25, 0.3) is 0 Å². The maximum Gasteiger partial charge on any atom is 0.0991 e. The number of unbranched alkanes of at least 4 members (excludes halogenated alkanes) is 1. The number of nitrogens with zero attached hydrogens (tertiary/aromatic N) is 1. The number of hydrogen-bond acceptors (Lipinski definition) is 1. The van der Waals surface area contributed by atoms with E-state index >= 15 is 0 Å². The highest BCUT2D eigenvalue weighted by Crippen LogP contribution is 2.27. The molecule has 0 N–H and O–H groups in total. The fourth-order valence-electron chi connectivity index (χ4n) is 2.11. The molecule has 86 valence electrons. The van der Waals surface area contributed by atoms with Crippen molar-refractivity contribution in [1.29, 1.82) is 5.26 Å². The maximum absolute atomic E-state index is 8.76. The second-order valence-corrected chi connectivity index (χ2v) is 4.36. The zero-order chi connectivity index (χ0) is 11.8. The van der Waals surface area contributed by atoms with E-state index in [9.17, 15) is 0 Å². The zero-order valence-corrected chi connectivity index (χ0v) is 10.4. The summed E-state index contributed by atoms with van der Waals surface area (Å²) in [5, 5.41) is 8.76. The summed E-state index contributed by atoms with van der Waals surface area (Å²) in [5.74, 6) is 0.678. The molecule has 1 aromatic carbocycles. The molecule has 0 heterocycles. The van der Waals surface area contributed by atoms with Crippen LogP contribution in [-0.4, -0.2) is 0 Å². The summed E-state index contributed by atoms with van der Waals surface area (Å²) in [7, 11) is 0.